The standard InChI is InChI=1S/C16H17NO2/c1-2-6-14-12(4-1)5-3-7-15(14)16(11-19-16)10-17-8-13-9-18-13/h1-7,13,17H,8-11H2. The molecule has 2 heterocycles. The van der Waals surface area contributed by atoms with Crippen LogP contribution in [0, 0.1) is 0 Å². The van der Waals surface area contributed by atoms with Gasteiger partial charge in [0.1, 0.15) is 5.60 Å². The second kappa shape index (κ2) is 4.30. The normalized spacial score (nSPS) is 28.5. The van der Waals surface area contributed by atoms with Crippen LogP contribution in [0.1, 0.15) is 5.56 Å². The van der Waals surface area contributed by atoms with Gasteiger partial charge in [-0.15, -0.1) is 0 Å². The van der Waals surface area contributed by atoms with Gasteiger partial charge >= 0.3 is 0 Å². The summed E-state index contributed by atoms with van der Waals surface area (Å²) in [5, 5.41) is 6.04. The average molecular weight is 255 g/mol. The van der Waals surface area contributed by atoms with Crippen molar-refractivity contribution >= 4 is 10.8 Å². The number of nitrogens with one attached hydrogen (secondary N) is 1. The highest BCUT2D eigenvalue weighted by Crippen LogP contribution is 2.41. The third-order valence-electron chi connectivity index (χ3n) is 3.96. The Balaban J connectivity index is 1.61. The van der Waals surface area contributed by atoms with E-state index in [-0.39, 0.29) is 5.60 Å². The minimum Gasteiger partial charge on any atom is -0.372 e. The lowest BCUT2D eigenvalue weighted by molar-refractivity contribution is 0.294. The van der Waals surface area contributed by atoms with Crippen LogP contribution < -0.4 is 5.32 Å². The highest BCUT2D eigenvalue weighted by molar-refractivity contribution is 5.86. The zero-order valence-electron chi connectivity index (χ0n) is 10.8. The Morgan fingerprint density at radius 3 is 2.74 bits per heavy atom. The first kappa shape index (κ1) is 11.4. The summed E-state index contributed by atoms with van der Waals surface area (Å²) in [5.41, 5.74) is 1.17. The van der Waals surface area contributed by atoms with Gasteiger partial charge in [-0.25, -0.2) is 0 Å². The second-order valence-electron chi connectivity index (χ2n) is 5.40. The van der Waals surface area contributed by atoms with E-state index in [0.29, 0.717) is 6.10 Å². The molecule has 0 amide bonds. The summed E-state index contributed by atoms with van der Waals surface area (Å²) in [4.78, 5) is 0. The number of fused-ring (bicyclic) bond motifs is 1. The Bertz CT molecular complexity index is 597. The molecule has 3 heteroatoms. The van der Waals surface area contributed by atoms with Crippen molar-refractivity contribution in [3.05, 3.63) is 48.0 Å². The highest BCUT2D eigenvalue weighted by atomic mass is 16.6. The maximum Gasteiger partial charge on any atom is 0.129 e. The first-order valence-corrected chi connectivity index (χ1v) is 6.82. The van der Waals surface area contributed by atoms with Crippen LogP contribution in [0.2, 0.25) is 0 Å². The monoisotopic (exact) mass is 255 g/mol. The quantitative estimate of drug-likeness (QED) is 0.831. The van der Waals surface area contributed by atoms with Crippen LogP contribution in [-0.2, 0) is 15.1 Å². The average Bonchev–Trinajstić information content (AvgIpc) is 3.34. The Morgan fingerprint density at radius 2 is 1.95 bits per heavy atom. The fourth-order valence-electron chi connectivity index (χ4n) is 2.68. The second-order valence-corrected chi connectivity index (χ2v) is 5.40. The molecule has 0 bridgehead atoms. The van der Waals surface area contributed by atoms with Crippen LogP contribution in [0.25, 0.3) is 10.8 Å². The lowest BCUT2D eigenvalue weighted by Gasteiger charge is -2.15. The number of hydrogen-bond acceptors (Lipinski definition) is 3. The van der Waals surface area contributed by atoms with Gasteiger partial charge in [0, 0.05) is 13.1 Å². The van der Waals surface area contributed by atoms with Gasteiger partial charge in [0.05, 0.1) is 19.3 Å². The zero-order chi connectivity index (χ0) is 12.7. The Kier molecular flexibility index (Phi) is 2.58. The minimum atomic E-state index is -0.129. The molecule has 2 unspecified atom stereocenters. The molecule has 0 aliphatic carbocycles. The highest BCUT2D eigenvalue weighted by Gasteiger charge is 2.47. The van der Waals surface area contributed by atoms with Gasteiger partial charge in [0.25, 0.3) is 0 Å². The third kappa shape index (κ3) is 2.14. The van der Waals surface area contributed by atoms with Gasteiger partial charge < -0.3 is 14.8 Å². The van der Waals surface area contributed by atoms with Gasteiger partial charge in [-0.3, -0.25) is 0 Å². The molecule has 2 aliphatic heterocycles. The summed E-state index contributed by atoms with van der Waals surface area (Å²) in [6, 6.07) is 15.0. The lowest BCUT2D eigenvalue weighted by Crippen LogP contribution is -2.31. The fraction of sp³-hybridized carbons (Fsp3) is 0.375. The van der Waals surface area contributed by atoms with Gasteiger partial charge in [-0.1, -0.05) is 42.5 Å². The number of rotatable bonds is 5. The Morgan fingerprint density at radius 1 is 1.16 bits per heavy atom. The largest absolute Gasteiger partial charge is 0.372 e. The van der Waals surface area contributed by atoms with Crippen LogP contribution in [0.15, 0.2) is 42.5 Å². The molecule has 4 rings (SSSR count). The zero-order valence-corrected chi connectivity index (χ0v) is 10.8. The van der Waals surface area contributed by atoms with Crippen LogP contribution in [-0.4, -0.2) is 32.4 Å². The molecule has 2 fully saturated rings. The molecule has 2 atom stereocenters. The van der Waals surface area contributed by atoms with E-state index < -0.39 is 0 Å². The number of benzene rings is 2. The number of hydrogen-bond donors (Lipinski definition) is 1. The summed E-state index contributed by atoms with van der Waals surface area (Å²) < 4.78 is 11.0. The molecule has 19 heavy (non-hydrogen) atoms. The maximum absolute atomic E-state index is 5.79. The van der Waals surface area contributed by atoms with E-state index in [1.54, 1.807) is 0 Å². The minimum absolute atomic E-state index is 0.129. The molecule has 0 radical (unpaired) electrons. The van der Waals surface area contributed by atoms with E-state index in [4.69, 9.17) is 9.47 Å². The molecule has 1 N–H and O–H groups in total. The third-order valence-corrected chi connectivity index (χ3v) is 3.96. The summed E-state index contributed by atoms with van der Waals surface area (Å²) in [5.74, 6) is 0. The summed E-state index contributed by atoms with van der Waals surface area (Å²) in [7, 11) is 0. The topological polar surface area (TPSA) is 37.1 Å². The van der Waals surface area contributed by atoms with E-state index >= 15 is 0 Å². The predicted octanol–water partition coefficient (Wildman–Crippen LogP) is 2.05. The lowest BCUT2D eigenvalue weighted by atomic mass is 9.94. The van der Waals surface area contributed by atoms with Crippen molar-refractivity contribution in [2.45, 2.75) is 11.7 Å². The summed E-state index contributed by atoms with van der Waals surface area (Å²) in [6.07, 6.45) is 0.420. The molecule has 2 aromatic carbocycles. The van der Waals surface area contributed by atoms with E-state index in [1.165, 1.54) is 16.3 Å². The van der Waals surface area contributed by atoms with Crippen molar-refractivity contribution in [3.63, 3.8) is 0 Å². The molecule has 2 aliphatic rings. The van der Waals surface area contributed by atoms with Crippen LogP contribution >= 0.6 is 0 Å². The number of epoxide rings is 2. The Labute approximate surface area is 112 Å². The molecule has 2 aromatic rings. The molecule has 2 saturated heterocycles. The smallest absolute Gasteiger partial charge is 0.129 e. The van der Waals surface area contributed by atoms with Crippen molar-refractivity contribution in [2.75, 3.05) is 26.3 Å². The number of ether oxygens (including phenoxy) is 2. The molecule has 0 aromatic heterocycles. The SMILES string of the molecule is c1ccc2c(C3(CNCC4CO4)CO3)cccc2c1. The van der Waals surface area contributed by atoms with Gasteiger partial charge in [-0.05, 0) is 16.3 Å². The fourth-order valence-corrected chi connectivity index (χ4v) is 2.68. The van der Waals surface area contributed by atoms with Crippen LogP contribution in [0.5, 0.6) is 0 Å². The van der Waals surface area contributed by atoms with E-state index in [2.05, 4.69) is 47.8 Å². The first-order chi connectivity index (χ1) is 9.37. The molecular formula is C16H17NO2. The molecular weight excluding hydrogens is 238 g/mol. The van der Waals surface area contributed by atoms with Gasteiger partial charge in [0.15, 0.2) is 0 Å². The molecule has 0 spiro atoms. The summed E-state index contributed by atoms with van der Waals surface area (Å²) in [6.45, 7) is 3.49. The van der Waals surface area contributed by atoms with Crippen molar-refractivity contribution in [1.82, 2.24) is 5.32 Å². The molecule has 98 valence electrons. The van der Waals surface area contributed by atoms with Crippen molar-refractivity contribution < 1.29 is 9.47 Å². The molecule has 3 nitrogen and oxygen atoms in total. The first-order valence-electron chi connectivity index (χ1n) is 6.82. The van der Waals surface area contributed by atoms with E-state index in [1.807, 2.05) is 0 Å². The van der Waals surface area contributed by atoms with Crippen molar-refractivity contribution in [3.8, 4) is 0 Å². The van der Waals surface area contributed by atoms with E-state index in [9.17, 15) is 0 Å². The van der Waals surface area contributed by atoms with Crippen LogP contribution in [0.3, 0.4) is 0 Å². The Hall–Kier alpha value is -1.42. The predicted molar refractivity (Wildman–Crippen MR) is 74.2 cm³/mol. The maximum atomic E-state index is 5.79. The van der Waals surface area contributed by atoms with Gasteiger partial charge in [0.2, 0.25) is 0 Å². The van der Waals surface area contributed by atoms with Crippen molar-refractivity contribution in [1.29, 1.82) is 0 Å². The van der Waals surface area contributed by atoms with E-state index in [0.717, 1.165) is 26.3 Å². The summed E-state index contributed by atoms with van der Waals surface area (Å²) >= 11 is 0. The van der Waals surface area contributed by atoms with Crippen LogP contribution in [0.4, 0.5) is 0 Å². The van der Waals surface area contributed by atoms with Gasteiger partial charge in [-0.2, -0.15) is 0 Å². The molecule has 0 saturated carbocycles. The van der Waals surface area contributed by atoms with Crippen molar-refractivity contribution in [2.24, 2.45) is 0 Å².